The Hall–Kier alpha value is -3.89. The van der Waals surface area contributed by atoms with E-state index in [-0.39, 0.29) is 37.4 Å². The van der Waals surface area contributed by atoms with Gasteiger partial charge in [0, 0.05) is 23.3 Å². The maximum Gasteiger partial charge on any atom is 0.271 e. The molecule has 0 saturated heterocycles. The van der Waals surface area contributed by atoms with Crippen LogP contribution in [0.15, 0.2) is 80.5 Å². The Bertz CT molecular complexity index is 1830. The average molecular weight is 578 g/mol. The summed E-state index contributed by atoms with van der Waals surface area (Å²) in [5.41, 5.74) is 4.30. The van der Waals surface area contributed by atoms with Crippen LogP contribution in [0.2, 0.25) is 0 Å². The number of fused-ring (bicyclic) bond motifs is 3. The number of aromatic nitrogens is 1. The molecule has 7 nitrogen and oxygen atoms in total. The van der Waals surface area contributed by atoms with Crippen molar-refractivity contribution in [1.82, 2.24) is 4.57 Å². The van der Waals surface area contributed by atoms with Crippen LogP contribution in [-0.2, 0) is 6.42 Å². The van der Waals surface area contributed by atoms with Gasteiger partial charge < -0.3 is 5.11 Å². The first-order valence-electron chi connectivity index (χ1n) is 11.4. The van der Waals surface area contributed by atoms with Gasteiger partial charge in [0.05, 0.1) is 25.7 Å². The van der Waals surface area contributed by atoms with Crippen LogP contribution >= 0.6 is 27.3 Å². The van der Waals surface area contributed by atoms with Crippen molar-refractivity contribution in [2.24, 2.45) is 4.99 Å². The first-order valence-corrected chi connectivity index (χ1v) is 13.0. The second-order valence-electron chi connectivity index (χ2n) is 8.79. The van der Waals surface area contributed by atoms with E-state index in [1.54, 1.807) is 16.7 Å². The predicted octanol–water partition coefficient (Wildman–Crippen LogP) is 4.83. The number of non-ortho nitro benzene ring substituents is 1. The Morgan fingerprint density at radius 3 is 2.68 bits per heavy atom. The molecule has 2 heterocycles. The van der Waals surface area contributed by atoms with Crippen molar-refractivity contribution in [2.45, 2.75) is 18.9 Å². The summed E-state index contributed by atoms with van der Waals surface area (Å²) in [6.45, 7) is 0. The molecular weight excluding hydrogens is 561 g/mol. The molecule has 0 unspecified atom stereocenters. The molecule has 4 aromatic rings. The van der Waals surface area contributed by atoms with Crippen molar-refractivity contribution in [3.05, 3.63) is 129 Å². The first-order chi connectivity index (χ1) is 17.8. The predicted molar refractivity (Wildman–Crippen MR) is 142 cm³/mol. The molecule has 1 aliphatic carbocycles. The molecular formula is C27H17BrFN3O4S. The monoisotopic (exact) mass is 577 g/mol. The fourth-order valence-electron chi connectivity index (χ4n) is 4.93. The second-order valence-corrected chi connectivity index (χ2v) is 10.7. The minimum Gasteiger partial charge on any atom is -0.506 e. The van der Waals surface area contributed by atoms with Crippen molar-refractivity contribution >= 4 is 44.7 Å². The zero-order valence-electron chi connectivity index (χ0n) is 19.0. The van der Waals surface area contributed by atoms with E-state index < -0.39 is 11.0 Å². The number of nitrogens with zero attached hydrogens (tertiary/aromatic N) is 3. The molecule has 1 aliphatic heterocycles. The Kier molecular flexibility index (Phi) is 5.65. The van der Waals surface area contributed by atoms with Crippen molar-refractivity contribution in [3.63, 3.8) is 0 Å². The van der Waals surface area contributed by atoms with Crippen LogP contribution in [0.5, 0.6) is 5.75 Å². The fourth-order valence-corrected chi connectivity index (χ4v) is 6.38. The molecule has 3 aromatic carbocycles. The van der Waals surface area contributed by atoms with Crippen molar-refractivity contribution in [3.8, 4) is 5.75 Å². The van der Waals surface area contributed by atoms with E-state index in [2.05, 4.69) is 22.0 Å². The summed E-state index contributed by atoms with van der Waals surface area (Å²) in [5, 5.41) is 21.9. The van der Waals surface area contributed by atoms with E-state index in [1.165, 1.54) is 35.9 Å². The highest BCUT2D eigenvalue weighted by Crippen LogP contribution is 2.41. The zero-order valence-corrected chi connectivity index (χ0v) is 21.4. The van der Waals surface area contributed by atoms with E-state index in [4.69, 9.17) is 4.99 Å². The number of phenols is 1. The normalized spacial score (nSPS) is 16.6. The van der Waals surface area contributed by atoms with E-state index in [0.717, 1.165) is 40.2 Å². The molecule has 10 heteroatoms. The van der Waals surface area contributed by atoms with E-state index in [1.807, 2.05) is 18.2 Å². The maximum absolute atomic E-state index is 13.8. The Labute approximate surface area is 221 Å². The quantitative estimate of drug-likeness (QED) is 0.278. The van der Waals surface area contributed by atoms with Gasteiger partial charge in [-0.25, -0.2) is 9.38 Å². The summed E-state index contributed by atoms with van der Waals surface area (Å²) >= 11 is 4.29. The molecule has 1 N–H and O–H groups in total. The SMILES string of the molecule is O=c1/c(=C/c2cc([N+](=O)[O-])cc(Br)c2O)sc2n1[C@@H](c1ccc(F)cc1)C1=C(N=2)c2ccccc2CC1. The number of hydrogen-bond acceptors (Lipinski definition) is 6. The van der Waals surface area contributed by atoms with Gasteiger partial charge in [-0.05, 0) is 63.7 Å². The standard InChI is InChI=1S/C27H17BrFN3O4S/c28-21-13-18(32(35)36)11-16(25(21)33)12-22-26(34)31-24(15-5-8-17(29)9-6-15)20-10-7-14-3-1-2-4-19(14)23(20)30-27(31)37-22/h1-6,8-9,11-13,24,33H,7,10H2/b22-12-/t24-/m0/s1. The van der Waals surface area contributed by atoms with Crippen LogP contribution in [0, 0.1) is 15.9 Å². The molecule has 6 rings (SSSR count). The third-order valence-corrected chi connectivity index (χ3v) is 8.22. The van der Waals surface area contributed by atoms with Gasteiger partial charge in [0.1, 0.15) is 11.6 Å². The molecule has 184 valence electrons. The second kappa shape index (κ2) is 8.89. The molecule has 0 fully saturated rings. The Balaban J connectivity index is 1.62. The summed E-state index contributed by atoms with van der Waals surface area (Å²) in [6.07, 6.45) is 2.93. The van der Waals surface area contributed by atoms with Crippen LogP contribution in [0.1, 0.15) is 34.7 Å². The van der Waals surface area contributed by atoms with Crippen LogP contribution < -0.4 is 14.9 Å². The lowest BCUT2D eigenvalue weighted by Gasteiger charge is -2.30. The van der Waals surface area contributed by atoms with Crippen molar-refractivity contribution in [1.29, 1.82) is 0 Å². The number of nitro groups is 1. The van der Waals surface area contributed by atoms with E-state index in [0.29, 0.717) is 11.2 Å². The number of aromatic hydroxyl groups is 1. The number of rotatable bonds is 3. The lowest BCUT2D eigenvalue weighted by molar-refractivity contribution is -0.385. The van der Waals surface area contributed by atoms with Gasteiger partial charge in [-0.15, -0.1) is 0 Å². The van der Waals surface area contributed by atoms with Crippen molar-refractivity contribution < 1.29 is 14.4 Å². The summed E-state index contributed by atoms with van der Waals surface area (Å²) in [6, 6.07) is 16.1. The van der Waals surface area contributed by atoms with Crippen LogP contribution in [-0.4, -0.2) is 14.6 Å². The molecule has 1 atom stereocenters. The highest BCUT2D eigenvalue weighted by atomic mass is 79.9. The zero-order chi connectivity index (χ0) is 25.8. The number of halogens is 2. The number of benzene rings is 3. The topological polar surface area (TPSA) is 97.7 Å². The number of allylic oxidation sites excluding steroid dienone is 1. The van der Waals surface area contributed by atoms with Gasteiger partial charge in [-0.2, -0.15) is 0 Å². The Morgan fingerprint density at radius 1 is 1.16 bits per heavy atom. The highest BCUT2D eigenvalue weighted by molar-refractivity contribution is 9.10. The maximum atomic E-state index is 13.8. The third-order valence-electron chi connectivity index (χ3n) is 6.63. The average Bonchev–Trinajstić information content (AvgIpc) is 3.20. The molecule has 1 aromatic heterocycles. The molecule has 2 aliphatic rings. The smallest absolute Gasteiger partial charge is 0.271 e. The van der Waals surface area contributed by atoms with Crippen LogP contribution in [0.25, 0.3) is 11.8 Å². The van der Waals surface area contributed by atoms with Gasteiger partial charge in [0.2, 0.25) is 0 Å². The van der Waals surface area contributed by atoms with E-state index in [9.17, 15) is 24.4 Å². The highest BCUT2D eigenvalue weighted by Gasteiger charge is 2.32. The van der Waals surface area contributed by atoms with Crippen LogP contribution in [0.3, 0.4) is 0 Å². The summed E-state index contributed by atoms with van der Waals surface area (Å²) in [5.74, 6) is -0.578. The molecule has 0 saturated carbocycles. The molecule has 0 amide bonds. The summed E-state index contributed by atoms with van der Waals surface area (Å²) in [7, 11) is 0. The van der Waals surface area contributed by atoms with Gasteiger partial charge in [0.25, 0.3) is 11.2 Å². The molecule has 0 radical (unpaired) electrons. The molecule has 37 heavy (non-hydrogen) atoms. The van der Waals surface area contributed by atoms with Gasteiger partial charge in [-0.3, -0.25) is 19.5 Å². The summed E-state index contributed by atoms with van der Waals surface area (Å²) < 4.78 is 15.8. The molecule has 0 bridgehead atoms. The van der Waals surface area contributed by atoms with Crippen molar-refractivity contribution in [2.75, 3.05) is 0 Å². The number of aryl methyl sites for hydroxylation is 1. The third kappa shape index (κ3) is 3.93. The number of thiazole rings is 1. The van der Waals surface area contributed by atoms with E-state index >= 15 is 0 Å². The first kappa shape index (κ1) is 23.5. The minimum atomic E-state index is -0.566. The minimum absolute atomic E-state index is 0.138. The number of hydrogen-bond donors (Lipinski definition) is 1. The lowest BCUT2D eigenvalue weighted by atomic mass is 9.83. The van der Waals surface area contributed by atoms with Gasteiger partial charge in [0.15, 0.2) is 4.80 Å². The van der Waals surface area contributed by atoms with Crippen LogP contribution in [0.4, 0.5) is 10.1 Å². The largest absolute Gasteiger partial charge is 0.506 e. The fraction of sp³-hybridized carbons (Fsp3) is 0.111. The molecule has 0 spiro atoms. The van der Waals surface area contributed by atoms with Gasteiger partial charge in [-0.1, -0.05) is 47.7 Å². The lowest BCUT2D eigenvalue weighted by Crippen LogP contribution is -2.38. The number of nitro benzene ring substituents is 1. The summed E-state index contributed by atoms with van der Waals surface area (Å²) in [4.78, 5) is 29.9. The number of phenolic OH excluding ortho intramolecular Hbond substituents is 1. The van der Waals surface area contributed by atoms with Gasteiger partial charge >= 0.3 is 0 Å². The Morgan fingerprint density at radius 2 is 1.92 bits per heavy atom.